The van der Waals surface area contributed by atoms with Crippen LogP contribution in [0.2, 0.25) is 6.04 Å². The molecular formula is C11H24O3Si. The van der Waals surface area contributed by atoms with Crippen LogP contribution >= 0.6 is 0 Å². The second kappa shape index (κ2) is 11.9. The predicted molar refractivity (Wildman–Crippen MR) is 65.8 cm³/mol. The Morgan fingerprint density at radius 1 is 1.20 bits per heavy atom. The molecular weight excluding hydrogens is 208 g/mol. The van der Waals surface area contributed by atoms with Gasteiger partial charge in [-0.15, -0.1) is 6.58 Å². The molecule has 0 saturated heterocycles. The summed E-state index contributed by atoms with van der Waals surface area (Å²) in [6.07, 6.45) is 6.76. The molecule has 0 aromatic carbocycles. The lowest BCUT2D eigenvalue weighted by Gasteiger charge is -2.13. The quantitative estimate of drug-likeness (QED) is 0.236. The maximum Gasteiger partial charge on any atom is 0.178 e. The van der Waals surface area contributed by atoms with Gasteiger partial charge >= 0.3 is 0 Å². The van der Waals surface area contributed by atoms with Gasteiger partial charge in [0.2, 0.25) is 0 Å². The second-order valence-electron chi connectivity index (χ2n) is 3.47. The molecule has 0 aromatic heterocycles. The Bertz CT molecular complexity index is 138. The summed E-state index contributed by atoms with van der Waals surface area (Å²) in [5, 5.41) is 0. The van der Waals surface area contributed by atoms with Crippen molar-refractivity contribution in [2.45, 2.75) is 38.0 Å². The molecule has 0 aliphatic rings. The van der Waals surface area contributed by atoms with Gasteiger partial charge in [0.15, 0.2) is 16.1 Å². The molecule has 0 aliphatic heterocycles. The monoisotopic (exact) mass is 232 g/mol. The zero-order valence-corrected chi connectivity index (χ0v) is 11.5. The minimum Gasteiger partial charge on any atom is -0.419 e. The Labute approximate surface area is 95.7 Å². The zero-order chi connectivity index (χ0) is 11.4. The third-order valence-electron chi connectivity index (χ3n) is 2.23. The Balaban J connectivity index is 3.07. The van der Waals surface area contributed by atoms with E-state index in [2.05, 4.69) is 6.58 Å². The Morgan fingerprint density at radius 2 is 1.93 bits per heavy atom. The van der Waals surface area contributed by atoms with Crippen molar-refractivity contribution in [2.75, 3.05) is 20.8 Å². The van der Waals surface area contributed by atoms with Crippen molar-refractivity contribution in [3.05, 3.63) is 12.7 Å². The summed E-state index contributed by atoms with van der Waals surface area (Å²) in [5.41, 5.74) is 0. The van der Waals surface area contributed by atoms with Gasteiger partial charge in [-0.2, -0.15) is 0 Å². The molecule has 0 fully saturated rings. The first-order valence-electron chi connectivity index (χ1n) is 5.59. The van der Waals surface area contributed by atoms with Crippen molar-refractivity contribution < 1.29 is 13.9 Å². The van der Waals surface area contributed by atoms with Crippen molar-refractivity contribution in [2.24, 2.45) is 0 Å². The van der Waals surface area contributed by atoms with Crippen LogP contribution < -0.4 is 0 Å². The molecule has 4 heteroatoms. The van der Waals surface area contributed by atoms with Crippen LogP contribution in [0.5, 0.6) is 0 Å². The van der Waals surface area contributed by atoms with Crippen LogP contribution in [0.3, 0.4) is 0 Å². The van der Waals surface area contributed by atoms with Crippen molar-refractivity contribution in [1.82, 2.24) is 0 Å². The molecule has 0 rings (SSSR count). The minimum atomic E-state index is -0.370. The second-order valence-corrected chi connectivity index (χ2v) is 4.99. The molecule has 15 heavy (non-hydrogen) atoms. The van der Waals surface area contributed by atoms with Gasteiger partial charge < -0.3 is 13.9 Å². The van der Waals surface area contributed by atoms with Crippen LogP contribution in [0.4, 0.5) is 0 Å². The van der Waals surface area contributed by atoms with Crippen molar-refractivity contribution in [1.29, 1.82) is 0 Å². The largest absolute Gasteiger partial charge is 0.419 e. The molecule has 90 valence electrons. The molecule has 3 nitrogen and oxygen atoms in total. The number of rotatable bonds is 11. The molecule has 0 heterocycles. The molecule has 0 aliphatic carbocycles. The summed E-state index contributed by atoms with van der Waals surface area (Å²) in [7, 11) is 2.90. The number of methoxy groups -OCH3 is 2. The van der Waals surface area contributed by atoms with Crippen molar-refractivity contribution in [3.63, 3.8) is 0 Å². The lowest BCUT2D eigenvalue weighted by atomic mass is 10.2. The van der Waals surface area contributed by atoms with Gasteiger partial charge in [-0.3, -0.25) is 0 Å². The minimum absolute atomic E-state index is 0.196. The average molecular weight is 232 g/mol. The fourth-order valence-electron chi connectivity index (χ4n) is 1.26. The molecule has 0 saturated carbocycles. The van der Waals surface area contributed by atoms with Gasteiger partial charge in [-0.25, -0.2) is 0 Å². The highest BCUT2D eigenvalue weighted by Crippen LogP contribution is 2.03. The van der Waals surface area contributed by atoms with E-state index in [9.17, 15) is 0 Å². The average Bonchev–Trinajstić information content (AvgIpc) is 2.27. The van der Waals surface area contributed by atoms with E-state index in [1.54, 1.807) is 14.2 Å². The molecule has 0 unspecified atom stereocenters. The van der Waals surface area contributed by atoms with Crippen LogP contribution in [0.25, 0.3) is 0 Å². The third kappa shape index (κ3) is 10.1. The molecule has 0 N–H and O–H groups in total. The molecule has 0 aromatic rings. The van der Waals surface area contributed by atoms with Crippen LogP contribution in [0.15, 0.2) is 12.7 Å². The molecule has 0 amide bonds. The summed E-state index contributed by atoms with van der Waals surface area (Å²) in [6.45, 7) is 4.28. The maximum absolute atomic E-state index is 5.55. The van der Waals surface area contributed by atoms with E-state index in [-0.39, 0.29) is 16.1 Å². The predicted octanol–water partition coefficient (Wildman–Crippen LogP) is 1.87. The first-order chi connectivity index (χ1) is 7.35. The van der Waals surface area contributed by atoms with E-state index in [1.165, 1.54) is 25.3 Å². The van der Waals surface area contributed by atoms with Crippen molar-refractivity contribution in [3.8, 4) is 0 Å². The summed E-state index contributed by atoms with van der Waals surface area (Å²) < 4.78 is 15.6. The number of allylic oxidation sites excluding steroid dienone is 1. The fraction of sp³-hybridized carbons (Fsp3) is 0.818. The number of ether oxygens (including phenoxy) is 2. The van der Waals surface area contributed by atoms with Crippen LogP contribution in [0, 0.1) is 0 Å². The highest BCUT2D eigenvalue weighted by Gasteiger charge is 2.03. The Hall–Kier alpha value is -0.163. The van der Waals surface area contributed by atoms with E-state index in [0.29, 0.717) is 6.61 Å². The highest BCUT2D eigenvalue weighted by atomic mass is 28.2. The van der Waals surface area contributed by atoms with E-state index in [4.69, 9.17) is 13.9 Å². The molecule has 0 atom stereocenters. The fourth-order valence-corrected chi connectivity index (χ4v) is 2.38. The van der Waals surface area contributed by atoms with Gasteiger partial charge in [0.1, 0.15) is 0 Å². The number of unbranched alkanes of at least 4 members (excludes halogenated alkanes) is 3. The van der Waals surface area contributed by atoms with Gasteiger partial charge in [0, 0.05) is 14.2 Å². The first kappa shape index (κ1) is 14.8. The first-order valence-corrected chi connectivity index (χ1v) is 7.17. The lowest BCUT2D eigenvalue weighted by molar-refractivity contribution is -0.121. The Kier molecular flexibility index (Phi) is 11.8. The smallest absolute Gasteiger partial charge is 0.178 e. The summed E-state index contributed by atoms with van der Waals surface area (Å²) in [5.74, 6) is 0. The molecule has 0 bridgehead atoms. The van der Waals surface area contributed by atoms with Crippen LogP contribution in [-0.4, -0.2) is 36.9 Å². The summed E-state index contributed by atoms with van der Waals surface area (Å²) >= 11 is 0. The number of hydrogen-bond acceptors (Lipinski definition) is 3. The zero-order valence-electron chi connectivity index (χ0n) is 10.0. The highest BCUT2D eigenvalue weighted by molar-refractivity contribution is 6.26. The molecule has 0 spiro atoms. The van der Waals surface area contributed by atoms with Gasteiger partial charge in [0.25, 0.3) is 0 Å². The lowest BCUT2D eigenvalue weighted by Crippen LogP contribution is -2.21. The summed E-state index contributed by atoms with van der Waals surface area (Å²) in [4.78, 5) is 0. The van der Waals surface area contributed by atoms with Crippen molar-refractivity contribution >= 4 is 9.76 Å². The SMILES string of the molecule is C=CCCCCC[SiH2]OCC(OC)OC. The summed E-state index contributed by atoms with van der Waals surface area (Å²) in [6, 6.07) is 1.25. The normalized spacial score (nSPS) is 11.7. The Morgan fingerprint density at radius 3 is 2.53 bits per heavy atom. The van der Waals surface area contributed by atoms with Crippen LogP contribution in [-0.2, 0) is 13.9 Å². The van der Waals surface area contributed by atoms with E-state index in [1.807, 2.05) is 6.08 Å². The van der Waals surface area contributed by atoms with Crippen LogP contribution in [0.1, 0.15) is 25.7 Å². The van der Waals surface area contributed by atoms with Gasteiger partial charge in [-0.1, -0.05) is 18.9 Å². The maximum atomic E-state index is 5.55. The van der Waals surface area contributed by atoms with E-state index < -0.39 is 0 Å². The standard InChI is InChI=1S/C11H24O3Si/c1-4-5-6-7-8-9-15-14-10-11(12-2)13-3/h4,11H,1,5-10,15H2,2-3H3. The molecule has 0 radical (unpaired) electrons. The number of hydrogen-bond donors (Lipinski definition) is 0. The topological polar surface area (TPSA) is 27.7 Å². The van der Waals surface area contributed by atoms with E-state index >= 15 is 0 Å². The van der Waals surface area contributed by atoms with Gasteiger partial charge in [0.05, 0.1) is 6.61 Å². The van der Waals surface area contributed by atoms with E-state index in [0.717, 1.165) is 6.42 Å². The third-order valence-corrected chi connectivity index (χ3v) is 3.54. The van der Waals surface area contributed by atoms with Gasteiger partial charge in [-0.05, 0) is 18.9 Å².